The molecule has 1 unspecified atom stereocenters. The number of aromatic nitrogens is 2. The van der Waals surface area contributed by atoms with Gasteiger partial charge in [0.2, 0.25) is 10.0 Å². The van der Waals surface area contributed by atoms with Crippen LogP contribution in [0.2, 0.25) is 0 Å². The van der Waals surface area contributed by atoms with Crippen LogP contribution in [0.1, 0.15) is 34.9 Å². The molecule has 1 aromatic heterocycles. The minimum atomic E-state index is -3.56. The molecule has 0 radical (unpaired) electrons. The van der Waals surface area contributed by atoms with E-state index in [4.69, 9.17) is 0 Å². The molecule has 29 heavy (non-hydrogen) atoms. The molecule has 1 fully saturated rings. The van der Waals surface area contributed by atoms with Crippen molar-refractivity contribution in [3.05, 3.63) is 64.4 Å². The number of piperidine rings is 1. The molecule has 1 atom stereocenters. The third-order valence-corrected chi connectivity index (χ3v) is 8.37. The number of rotatable bonds is 4. The van der Waals surface area contributed by atoms with Gasteiger partial charge in [0.05, 0.1) is 4.90 Å². The van der Waals surface area contributed by atoms with Crippen molar-refractivity contribution >= 4 is 21.4 Å². The number of benzene rings is 2. The molecule has 2 aromatic carbocycles. The van der Waals surface area contributed by atoms with Crippen molar-refractivity contribution in [2.75, 3.05) is 13.1 Å². The molecule has 0 aliphatic carbocycles. The zero-order valence-electron chi connectivity index (χ0n) is 16.3. The molecule has 0 N–H and O–H groups in total. The smallest absolute Gasteiger partial charge is 0.207 e. The van der Waals surface area contributed by atoms with Crippen LogP contribution in [-0.2, 0) is 10.0 Å². The van der Waals surface area contributed by atoms with Gasteiger partial charge in [-0.3, -0.25) is 0 Å². The summed E-state index contributed by atoms with van der Waals surface area (Å²) < 4.78 is 41.9. The van der Waals surface area contributed by atoms with E-state index in [2.05, 4.69) is 10.2 Å². The first-order chi connectivity index (χ1) is 13.9. The molecule has 1 aliphatic heterocycles. The van der Waals surface area contributed by atoms with Gasteiger partial charge in [0, 0.05) is 24.6 Å². The summed E-state index contributed by atoms with van der Waals surface area (Å²) in [7, 11) is -3.56. The maximum absolute atomic E-state index is 14.0. The maximum Gasteiger partial charge on any atom is 0.243 e. The minimum Gasteiger partial charge on any atom is -0.207 e. The topological polar surface area (TPSA) is 63.2 Å². The molecule has 8 heteroatoms. The number of nitrogens with zero attached hydrogens (tertiary/aromatic N) is 3. The summed E-state index contributed by atoms with van der Waals surface area (Å²) in [5, 5.41) is 9.68. The van der Waals surface area contributed by atoms with Gasteiger partial charge in [0.15, 0.2) is 5.01 Å². The predicted octanol–water partition coefficient (Wildman–Crippen LogP) is 4.53. The predicted molar refractivity (Wildman–Crippen MR) is 112 cm³/mol. The monoisotopic (exact) mass is 431 g/mol. The molecule has 0 saturated carbocycles. The molecular formula is C21H22FN3O2S2. The molecule has 0 bridgehead atoms. The van der Waals surface area contributed by atoms with Crippen LogP contribution in [0.25, 0.3) is 10.6 Å². The average molecular weight is 432 g/mol. The van der Waals surface area contributed by atoms with Crippen LogP contribution in [0.5, 0.6) is 0 Å². The van der Waals surface area contributed by atoms with E-state index in [-0.39, 0.29) is 11.7 Å². The molecule has 0 amide bonds. The van der Waals surface area contributed by atoms with Crippen LogP contribution in [0.15, 0.2) is 47.4 Å². The van der Waals surface area contributed by atoms with Crippen molar-refractivity contribution in [2.45, 2.75) is 37.5 Å². The Morgan fingerprint density at radius 2 is 1.90 bits per heavy atom. The number of sulfonamides is 1. The molecule has 1 aliphatic rings. The molecule has 1 saturated heterocycles. The molecular weight excluding hydrogens is 409 g/mol. The van der Waals surface area contributed by atoms with Gasteiger partial charge in [-0.2, -0.15) is 4.31 Å². The van der Waals surface area contributed by atoms with Crippen LogP contribution < -0.4 is 0 Å². The Bertz CT molecular complexity index is 1140. The summed E-state index contributed by atoms with van der Waals surface area (Å²) in [5.41, 5.74) is 2.44. The van der Waals surface area contributed by atoms with Gasteiger partial charge in [-0.05, 0) is 62.1 Å². The number of halogens is 1. The summed E-state index contributed by atoms with van der Waals surface area (Å²) in [6.07, 6.45) is 1.59. The Morgan fingerprint density at radius 3 is 2.66 bits per heavy atom. The van der Waals surface area contributed by atoms with E-state index >= 15 is 0 Å². The summed E-state index contributed by atoms with van der Waals surface area (Å²) in [6, 6.07) is 11.7. The Hall–Kier alpha value is -2.16. The Labute approximate surface area is 174 Å². The lowest BCUT2D eigenvalue weighted by Crippen LogP contribution is -2.39. The highest BCUT2D eigenvalue weighted by molar-refractivity contribution is 7.89. The van der Waals surface area contributed by atoms with E-state index in [0.717, 1.165) is 29.0 Å². The summed E-state index contributed by atoms with van der Waals surface area (Å²) in [6.45, 7) is 4.73. The van der Waals surface area contributed by atoms with E-state index in [1.807, 2.05) is 19.9 Å². The lowest BCUT2D eigenvalue weighted by Gasteiger charge is -2.30. The maximum atomic E-state index is 14.0. The van der Waals surface area contributed by atoms with Crippen molar-refractivity contribution in [2.24, 2.45) is 0 Å². The standard InChI is InChI=1S/C21H22FN3O2S2/c1-14-9-10-17(12-15(14)2)29(26,27)25-11-5-6-16(13-25)20-23-24-21(28-20)18-7-3-4-8-19(18)22/h3-4,7-10,12,16H,5-6,11,13H2,1-2H3. The molecule has 2 heterocycles. The van der Waals surface area contributed by atoms with Crippen molar-refractivity contribution < 1.29 is 12.8 Å². The number of hydrogen-bond acceptors (Lipinski definition) is 5. The van der Waals surface area contributed by atoms with Crippen molar-refractivity contribution in [3.63, 3.8) is 0 Å². The fraction of sp³-hybridized carbons (Fsp3) is 0.333. The van der Waals surface area contributed by atoms with Gasteiger partial charge < -0.3 is 0 Å². The van der Waals surface area contributed by atoms with Crippen LogP contribution in [0, 0.1) is 19.7 Å². The lowest BCUT2D eigenvalue weighted by molar-refractivity contribution is 0.314. The molecule has 152 valence electrons. The largest absolute Gasteiger partial charge is 0.243 e. The van der Waals surface area contributed by atoms with E-state index < -0.39 is 10.0 Å². The van der Waals surface area contributed by atoms with Gasteiger partial charge >= 0.3 is 0 Å². The van der Waals surface area contributed by atoms with Crippen LogP contribution >= 0.6 is 11.3 Å². The Balaban J connectivity index is 1.57. The summed E-state index contributed by atoms with van der Waals surface area (Å²) in [5.74, 6) is -0.374. The van der Waals surface area contributed by atoms with Gasteiger partial charge in [-0.1, -0.05) is 29.5 Å². The van der Waals surface area contributed by atoms with Crippen LogP contribution in [-0.4, -0.2) is 36.0 Å². The second kappa shape index (κ2) is 7.93. The van der Waals surface area contributed by atoms with E-state index in [1.165, 1.54) is 21.7 Å². The third kappa shape index (κ3) is 3.97. The quantitative estimate of drug-likeness (QED) is 0.609. The summed E-state index contributed by atoms with van der Waals surface area (Å²) >= 11 is 1.34. The zero-order chi connectivity index (χ0) is 20.6. The first-order valence-electron chi connectivity index (χ1n) is 9.52. The molecule has 0 spiro atoms. The van der Waals surface area contributed by atoms with Crippen LogP contribution in [0.3, 0.4) is 0 Å². The second-order valence-corrected chi connectivity index (χ2v) is 10.3. The first kappa shape index (κ1) is 20.1. The molecule has 3 aromatic rings. The van der Waals surface area contributed by atoms with Gasteiger partial charge in [0.1, 0.15) is 10.8 Å². The third-order valence-electron chi connectivity index (χ3n) is 5.39. The normalized spacial score (nSPS) is 18.1. The lowest BCUT2D eigenvalue weighted by atomic mass is 10.0. The highest BCUT2D eigenvalue weighted by Gasteiger charge is 2.32. The number of hydrogen-bond donors (Lipinski definition) is 0. The fourth-order valence-corrected chi connectivity index (χ4v) is 6.13. The highest BCUT2D eigenvalue weighted by atomic mass is 32.2. The number of aryl methyl sites for hydroxylation is 2. The van der Waals surface area contributed by atoms with Crippen molar-refractivity contribution in [1.29, 1.82) is 0 Å². The van der Waals surface area contributed by atoms with Gasteiger partial charge in [-0.15, -0.1) is 10.2 Å². The van der Waals surface area contributed by atoms with E-state index in [9.17, 15) is 12.8 Å². The van der Waals surface area contributed by atoms with Gasteiger partial charge in [0.25, 0.3) is 0 Å². The van der Waals surface area contributed by atoms with E-state index in [0.29, 0.717) is 28.6 Å². The van der Waals surface area contributed by atoms with E-state index in [1.54, 1.807) is 30.3 Å². The fourth-order valence-electron chi connectivity index (χ4n) is 3.53. The SMILES string of the molecule is Cc1ccc(S(=O)(=O)N2CCCC(c3nnc(-c4ccccc4F)s3)C2)cc1C. The highest BCUT2D eigenvalue weighted by Crippen LogP contribution is 2.35. The molecule has 5 nitrogen and oxygen atoms in total. The zero-order valence-corrected chi connectivity index (χ0v) is 17.9. The Morgan fingerprint density at radius 1 is 1.10 bits per heavy atom. The average Bonchev–Trinajstić information content (AvgIpc) is 3.20. The molecule has 4 rings (SSSR count). The second-order valence-electron chi connectivity index (χ2n) is 7.37. The van der Waals surface area contributed by atoms with Gasteiger partial charge in [-0.25, -0.2) is 12.8 Å². The van der Waals surface area contributed by atoms with Crippen molar-refractivity contribution in [3.8, 4) is 10.6 Å². The minimum absolute atomic E-state index is 0.0388. The van der Waals surface area contributed by atoms with Crippen LogP contribution in [0.4, 0.5) is 4.39 Å². The summed E-state index contributed by atoms with van der Waals surface area (Å²) in [4.78, 5) is 0.325. The van der Waals surface area contributed by atoms with Crippen molar-refractivity contribution in [1.82, 2.24) is 14.5 Å². The Kier molecular flexibility index (Phi) is 5.50. The first-order valence-corrected chi connectivity index (χ1v) is 11.8.